The molecular weight excluding hydrogens is 348 g/mol. The van der Waals surface area contributed by atoms with Crippen LogP contribution in [0.15, 0.2) is 59.1 Å². The average Bonchev–Trinajstić information content (AvgIpc) is 2.90. The van der Waals surface area contributed by atoms with Gasteiger partial charge >= 0.3 is 0 Å². The first-order chi connectivity index (χ1) is 10.2. The third kappa shape index (κ3) is 2.13. The Bertz CT molecular complexity index is 970. The van der Waals surface area contributed by atoms with Crippen LogP contribution in [0.2, 0.25) is 5.02 Å². The van der Waals surface area contributed by atoms with Crippen molar-refractivity contribution >= 4 is 49.3 Å². The first kappa shape index (κ1) is 12.9. The van der Waals surface area contributed by atoms with Crippen LogP contribution < -0.4 is 0 Å². The number of imidazole rings is 1. The molecule has 4 aromatic rings. The lowest BCUT2D eigenvalue weighted by Gasteiger charge is -2.03. The molecule has 0 atom stereocenters. The minimum absolute atomic E-state index is 0.683. The lowest BCUT2D eigenvalue weighted by atomic mass is 10.0. The number of hydrogen-bond donors (Lipinski definition) is 1. The van der Waals surface area contributed by atoms with Gasteiger partial charge in [-0.25, -0.2) is 4.98 Å². The van der Waals surface area contributed by atoms with E-state index in [0.717, 1.165) is 26.9 Å². The van der Waals surface area contributed by atoms with Gasteiger partial charge in [0.15, 0.2) is 0 Å². The first-order valence-electron chi connectivity index (χ1n) is 6.55. The maximum absolute atomic E-state index is 6.10. The Hall–Kier alpha value is -1.84. The summed E-state index contributed by atoms with van der Waals surface area (Å²) >= 11 is 9.61. The van der Waals surface area contributed by atoms with E-state index < -0.39 is 0 Å². The predicted molar refractivity (Wildman–Crippen MR) is 91.7 cm³/mol. The van der Waals surface area contributed by atoms with E-state index in [0.29, 0.717) is 5.02 Å². The summed E-state index contributed by atoms with van der Waals surface area (Å²) in [5.74, 6) is 0.852. The van der Waals surface area contributed by atoms with Gasteiger partial charge in [-0.15, -0.1) is 0 Å². The lowest BCUT2D eigenvalue weighted by molar-refractivity contribution is 1.34. The number of halogens is 2. The minimum atomic E-state index is 0.683. The fourth-order valence-electron chi connectivity index (χ4n) is 2.60. The highest BCUT2D eigenvalue weighted by Gasteiger charge is 2.11. The van der Waals surface area contributed by atoms with Gasteiger partial charge in [-0.05, 0) is 38.8 Å². The van der Waals surface area contributed by atoms with Crippen LogP contribution in [-0.4, -0.2) is 9.97 Å². The summed E-state index contributed by atoms with van der Waals surface area (Å²) in [7, 11) is 0. The van der Waals surface area contributed by atoms with E-state index in [1.165, 1.54) is 10.8 Å². The van der Waals surface area contributed by atoms with Crippen LogP contribution >= 0.6 is 27.5 Å². The van der Waals surface area contributed by atoms with E-state index in [-0.39, 0.29) is 0 Å². The molecule has 2 nitrogen and oxygen atoms in total. The van der Waals surface area contributed by atoms with Crippen LogP contribution in [0, 0.1) is 0 Å². The molecule has 0 radical (unpaired) electrons. The fraction of sp³-hybridized carbons (Fsp3) is 0. The van der Waals surface area contributed by atoms with Gasteiger partial charge in [0, 0.05) is 15.1 Å². The SMILES string of the molecule is Clc1cc(Br)c2nc(-c3cccc4ccccc34)[nH]c2c1. The topological polar surface area (TPSA) is 28.7 Å². The molecule has 3 aromatic carbocycles. The number of H-pyrrole nitrogens is 1. The first-order valence-corrected chi connectivity index (χ1v) is 7.72. The summed E-state index contributed by atoms with van der Waals surface area (Å²) in [5, 5.41) is 3.07. The Morgan fingerprint density at radius 1 is 1.00 bits per heavy atom. The van der Waals surface area contributed by atoms with Crippen molar-refractivity contribution in [3.63, 3.8) is 0 Å². The summed E-state index contributed by atoms with van der Waals surface area (Å²) < 4.78 is 0.896. The van der Waals surface area contributed by atoms with E-state index in [4.69, 9.17) is 16.6 Å². The van der Waals surface area contributed by atoms with Crippen LogP contribution in [-0.2, 0) is 0 Å². The zero-order valence-corrected chi connectivity index (χ0v) is 13.2. The predicted octanol–water partition coefficient (Wildman–Crippen LogP) is 5.80. The molecule has 102 valence electrons. The quantitative estimate of drug-likeness (QED) is 0.458. The van der Waals surface area contributed by atoms with Crippen molar-refractivity contribution in [3.05, 3.63) is 64.1 Å². The number of nitrogens with zero attached hydrogens (tertiary/aromatic N) is 1. The number of hydrogen-bond acceptors (Lipinski definition) is 1. The Balaban J connectivity index is 2.03. The molecule has 1 N–H and O–H groups in total. The third-order valence-electron chi connectivity index (χ3n) is 3.55. The minimum Gasteiger partial charge on any atom is -0.338 e. The van der Waals surface area contributed by atoms with E-state index in [1.807, 2.05) is 30.3 Å². The molecule has 0 unspecified atom stereocenters. The number of benzene rings is 3. The Labute approximate surface area is 134 Å². The Morgan fingerprint density at radius 2 is 1.81 bits per heavy atom. The zero-order chi connectivity index (χ0) is 14.4. The third-order valence-corrected chi connectivity index (χ3v) is 4.37. The van der Waals surface area contributed by atoms with Gasteiger partial charge < -0.3 is 4.98 Å². The zero-order valence-electron chi connectivity index (χ0n) is 10.9. The summed E-state index contributed by atoms with van der Waals surface area (Å²) in [6.45, 7) is 0. The van der Waals surface area contributed by atoms with Crippen molar-refractivity contribution in [2.45, 2.75) is 0 Å². The standard InChI is InChI=1S/C17H10BrClN2/c18-14-8-11(19)9-15-16(14)21-17(20-15)13-7-3-5-10-4-1-2-6-12(10)13/h1-9H,(H,20,21). The molecule has 0 saturated carbocycles. The molecule has 0 amide bonds. The van der Waals surface area contributed by atoms with Crippen LogP contribution in [0.4, 0.5) is 0 Å². The molecule has 1 heterocycles. The molecule has 4 rings (SSSR count). The molecule has 1 aromatic heterocycles. The lowest BCUT2D eigenvalue weighted by Crippen LogP contribution is -1.82. The van der Waals surface area contributed by atoms with Gasteiger partial charge in [0.2, 0.25) is 0 Å². The largest absolute Gasteiger partial charge is 0.338 e. The Kier molecular flexibility index (Phi) is 2.98. The molecular formula is C17H10BrClN2. The van der Waals surface area contributed by atoms with Gasteiger partial charge in [-0.1, -0.05) is 54.1 Å². The van der Waals surface area contributed by atoms with Crippen molar-refractivity contribution < 1.29 is 0 Å². The number of fused-ring (bicyclic) bond motifs is 2. The van der Waals surface area contributed by atoms with Crippen LogP contribution in [0.3, 0.4) is 0 Å². The van der Waals surface area contributed by atoms with Crippen LogP contribution in [0.25, 0.3) is 33.2 Å². The Morgan fingerprint density at radius 3 is 2.71 bits per heavy atom. The van der Waals surface area contributed by atoms with Crippen LogP contribution in [0.1, 0.15) is 0 Å². The van der Waals surface area contributed by atoms with E-state index in [1.54, 1.807) is 0 Å². The molecule has 0 spiro atoms. The highest BCUT2D eigenvalue weighted by Crippen LogP contribution is 2.32. The highest BCUT2D eigenvalue weighted by molar-refractivity contribution is 9.10. The number of aromatic nitrogens is 2. The van der Waals surface area contributed by atoms with Gasteiger partial charge in [-0.3, -0.25) is 0 Å². The number of rotatable bonds is 1. The van der Waals surface area contributed by atoms with Crippen molar-refractivity contribution in [1.82, 2.24) is 9.97 Å². The maximum atomic E-state index is 6.10. The summed E-state index contributed by atoms with van der Waals surface area (Å²) in [4.78, 5) is 8.07. The van der Waals surface area contributed by atoms with Crippen LogP contribution in [0.5, 0.6) is 0 Å². The van der Waals surface area contributed by atoms with Crippen molar-refractivity contribution in [2.75, 3.05) is 0 Å². The summed E-state index contributed by atoms with van der Waals surface area (Å²) in [6, 6.07) is 18.3. The smallest absolute Gasteiger partial charge is 0.139 e. The molecule has 0 aliphatic heterocycles. The summed E-state index contributed by atoms with van der Waals surface area (Å²) in [5.41, 5.74) is 2.91. The normalized spacial score (nSPS) is 11.3. The van der Waals surface area contributed by atoms with Crippen molar-refractivity contribution in [3.8, 4) is 11.4 Å². The molecule has 0 aliphatic carbocycles. The van der Waals surface area contributed by atoms with Gasteiger partial charge in [0.25, 0.3) is 0 Å². The number of aromatic amines is 1. The molecule has 21 heavy (non-hydrogen) atoms. The molecule has 4 heteroatoms. The molecule has 0 bridgehead atoms. The van der Waals surface area contributed by atoms with Gasteiger partial charge in [0.05, 0.1) is 5.52 Å². The fourth-order valence-corrected chi connectivity index (χ4v) is 3.50. The summed E-state index contributed by atoms with van der Waals surface area (Å²) in [6.07, 6.45) is 0. The van der Waals surface area contributed by atoms with E-state index in [9.17, 15) is 0 Å². The molecule has 0 aliphatic rings. The second kappa shape index (κ2) is 4.86. The highest BCUT2D eigenvalue weighted by atomic mass is 79.9. The molecule has 0 fully saturated rings. The number of nitrogens with one attached hydrogen (secondary N) is 1. The van der Waals surface area contributed by atoms with Gasteiger partial charge in [-0.2, -0.15) is 0 Å². The van der Waals surface area contributed by atoms with Crippen molar-refractivity contribution in [1.29, 1.82) is 0 Å². The van der Waals surface area contributed by atoms with Crippen molar-refractivity contribution in [2.24, 2.45) is 0 Å². The maximum Gasteiger partial charge on any atom is 0.139 e. The molecule has 0 saturated heterocycles. The van der Waals surface area contributed by atoms with E-state index >= 15 is 0 Å². The average molecular weight is 358 g/mol. The second-order valence-corrected chi connectivity index (χ2v) is 6.19. The second-order valence-electron chi connectivity index (χ2n) is 4.90. The van der Waals surface area contributed by atoms with E-state index in [2.05, 4.69) is 45.2 Å². The monoisotopic (exact) mass is 356 g/mol. The van der Waals surface area contributed by atoms with Gasteiger partial charge in [0.1, 0.15) is 11.3 Å².